The summed E-state index contributed by atoms with van der Waals surface area (Å²) in [5, 5.41) is 0. The predicted octanol–water partition coefficient (Wildman–Crippen LogP) is 0.753. The third-order valence-electron chi connectivity index (χ3n) is 3.14. The van der Waals surface area contributed by atoms with Gasteiger partial charge in [0.1, 0.15) is 0 Å². The summed E-state index contributed by atoms with van der Waals surface area (Å²) >= 11 is 0. The third kappa shape index (κ3) is 1.83. The molecule has 0 fully saturated rings. The van der Waals surface area contributed by atoms with Crippen LogP contribution in [0, 0.1) is 5.92 Å². The van der Waals surface area contributed by atoms with E-state index in [1.54, 1.807) is 0 Å². The molecule has 1 unspecified atom stereocenters. The highest BCUT2D eigenvalue weighted by Crippen LogP contribution is 2.32. The Morgan fingerprint density at radius 1 is 1.56 bits per heavy atom. The molecule has 1 atom stereocenters. The minimum absolute atomic E-state index is 0.132. The van der Waals surface area contributed by atoms with Crippen LogP contribution in [0.2, 0.25) is 0 Å². The monoisotopic (exact) mass is 219 g/mol. The molecule has 16 heavy (non-hydrogen) atoms. The van der Waals surface area contributed by atoms with E-state index in [9.17, 15) is 4.79 Å². The zero-order chi connectivity index (χ0) is 11.7. The highest BCUT2D eigenvalue weighted by molar-refractivity contribution is 5.77. The van der Waals surface area contributed by atoms with E-state index in [2.05, 4.69) is 4.90 Å². The molecule has 0 spiro atoms. The number of benzene rings is 1. The van der Waals surface area contributed by atoms with Gasteiger partial charge in [-0.05, 0) is 18.6 Å². The van der Waals surface area contributed by atoms with E-state index >= 15 is 0 Å². The van der Waals surface area contributed by atoms with Crippen LogP contribution in [0.1, 0.15) is 12.5 Å². The highest BCUT2D eigenvalue weighted by atomic mass is 16.1. The Balaban J connectivity index is 2.18. The Kier molecular flexibility index (Phi) is 2.73. The molecule has 0 radical (unpaired) electrons. The van der Waals surface area contributed by atoms with E-state index in [0.29, 0.717) is 6.54 Å². The van der Waals surface area contributed by atoms with Crippen LogP contribution < -0.4 is 16.4 Å². The van der Waals surface area contributed by atoms with Crippen LogP contribution in [0.3, 0.4) is 0 Å². The quantitative estimate of drug-likeness (QED) is 0.737. The molecule has 0 aromatic heterocycles. The van der Waals surface area contributed by atoms with Crippen molar-refractivity contribution in [1.29, 1.82) is 0 Å². The van der Waals surface area contributed by atoms with Crippen LogP contribution in [-0.2, 0) is 11.2 Å². The van der Waals surface area contributed by atoms with Crippen molar-refractivity contribution in [2.75, 3.05) is 23.7 Å². The summed E-state index contributed by atoms with van der Waals surface area (Å²) < 4.78 is 0. The number of nitrogens with two attached hydrogens (primary N) is 2. The molecule has 0 saturated heterocycles. The van der Waals surface area contributed by atoms with E-state index < -0.39 is 0 Å². The van der Waals surface area contributed by atoms with Gasteiger partial charge in [0, 0.05) is 30.0 Å². The number of nitrogen functional groups attached to an aromatic ring is 1. The van der Waals surface area contributed by atoms with Gasteiger partial charge in [-0.15, -0.1) is 0 Å². The molecule has 0 saturated carbocycles. The molecule has 1 aromatic carbocycles. The van der Waals surface area contributed by atoms with Crippen LogP contribution in [0.5, 0.6) is 0 Å². The van der Waals surface area contributed by atoms with Gasteiger partial charge in [-0.3, -0.25) is 4.79 Å². The fourth-order valence-corrected chi connectivity index (χ4v) is 2.14. The number of carbonyl (C=O) groups excluding carboxylic acids is 1. The molecule has 1 aliphatic rings. The van der Waals surface area contributed by atoms with Crippen molar-refractivity contribution in [3.05, 3.63) is 23.8 Å². The van der Waals surface area contributed by atoms with Crippen LogP contribution in [-0.4, -0.2) is 19.0 Å². The van der Waals surface area contributed by atoms with Crippen LogP contribution in [0.4, 0.5) is 11.4 Å². The van der Waals surface area contributed by atoms with E-state index in [1.165, 1.54) is 5.56 Å². The van der Waals surface area contributed by atoms with Crippen molar-refractivity contribution in [2.45, 2.75) is 13.3 Å². The summed E-state index contributed by atoms with van der Waals surface area (Å²) in [4.78, 5) is 13.2. The van der Waals surface area contributed by atoms with Gasteiger partial charge in [0.25, 0.3) is 0 Å². The lowest BCUT2D eigenvalue weighted by Crippen LogP contribution is -2.33. The summed E-state index contributed by atoms with van der Waals surface area (Å²) in [5.41, 5.74) is 14.4. The van der Waals surface area contributed by atoms with Gasteiger partial charge < -0.3 is 16.4 Å². The lowest BCUT2D eigenvalue weighted by atomic mass is 10.1. The van der Waals surface area contributed by atoms with Gasteiger partial charge in [0.15, 0.2) is 0 Å². The number of fused-ring (bicyclic) bond motifs is 1. The lowest BCUT2D eigenvalue weighted by Gasteiger charge is -2.22. The molecule has 4 N–H and O–H groups in total. The molecule has 0 aliphatic carbocycles. The second kappa shape index (κ2) is 4.04. The van der Waals surface area contributed by atoms with Crippen molar-refractivity contribution in [1.82, 2.24) is 0 Å². The van der Waals surface area contributed by atoms with E-state index in [-0.39, 0.29) is 11.8 Å². The minimum atomic E-state index is -0.252. The molecule has 1 aromatic rings. The number of rotatable bonds is 3. The van der Waals surface area contributed by atoms with Crippen molar-refractivity contribution in [2.24, 2.45) is 11.7 Å². The first-order chi connectivity index (χ1) is 7.59. The molecular weight excluding hydrogens is 202 g/mol. The summed E-state index contributed by atoms with van der Waals surface area (Å²) in [6.07, 6.45) is 0.952. The Bertz CT molecular complexity index is 417. The average Bonchev–Trinajstić information content (AvgIpc) is 2.63. The molecule has 4 nitrogen and oxygen atoms in total. The summed E-state index contributed by atoms with van der Waals surface area (Å²) in [6, 6.07) is 5.91. The van der Waals surface area contributed by atoms with Gasteiger partial charge in [-0.25, -0.2) is 0 Å². The lowest BCUT2D eigenvalue weighted by molar-refractivity contribution is -0.121. The number of amides is 1. The molecule has 2 rings (SSSR count). The highest BCUT2D eigenvalue weighted by Gasteiger charge is 2.23. The standard InChI is InChI=1S/C12H17N3O/c1-8(12(14)16)7-15-6-5-9-10(13)3-2-4-11(9)15/h2-4,8H,5-7,13H2,1H3,(H2,14,16). The first kappa shape index (κ1) is 10.8. The Hall–Kier alpha value is -1.71. The SMILES string of the molecule is CC(CN1CCc2c(N)cccc21)C(N)=O. The zero-order valence-electron chi connectivity index (χ0n) is 9.44. The van der Waals surface area contributed by atoms with Gasteiger partial charge in [0.05, 0.1) is 5.92 Å². The van der Waals surface area contributed by atoms with Gasteiger partial charge in [-0.1, -0.05) is 13.0 Å². The summed E-state index contributed by atoms with van der Waals surface area (Å²) in [7, 11) is 0. The smallest absolute Gasteiger partial charge is 0.222 e. The number of anilines is 2. The molecular formula is C12H17N3O. The first-order valence-corrected chi connectivity index (χ1v) is 5.51. The van der Waals surface area contributed by atoms with Gasteiger partial charge in [-0.2, -0.15) is 0 Å². The van der Waals surface area contributed by atoms with E-state index in [0.717, 1.165) is 24.3 Å². The predicted molar refractivity (Wildman–Crippen MR) is 65.1 cm³/mol. The third-order valence-corrected chi connectivity index (χ3v) is 3.14. The van der Waals surface area contributed by atoms with Crippen LogP contribution in [0.25, 0.3) is 0 Å². The van der Waals surface area contributed by atoms with Crippen molar-refractivity contribution in [3.63, 3.8) is 0 Å². The van der Waals surface area contributed by atoms with Crippen molar-refractivity contribution >= 4 is 17.3 Å². The number of carbonyl (C=O) groups is 1. The number of hydrogen-bond acceptors (Lipinski definition) is 3. The molecule has 0 bridgehead atoms. The molecule has 1 amide bonds. The van der Waals surface area contributed by atoms with Gasteiger partial charge >= 0.3 is 0 Å². The maximum absolute atomic E-state index is 11.0. The fraction of sp³-hybridized carbons (Fsp3) is 0.417. The molecule has 1 heterocycles. The van der Waals surface area contributed by atoms with E-state index in [4.69, 9.17) is 11.5 Å². The molecule has 1 aliphatic heterocycles. The minimum Gasteiger partial charge on any atom is -0.398 e. The number of nitrogens with zero attached hydrogens (tertiary/aromatic N) is 1. The van der Waals surface area contributed by atoms with Crippen molar-refractivity contribution < 1.29 is 4.79 Å². The van der Waals surface area contributed by atoms with Crippen molar-refractivity contribution in [3.8, 4) is 0 Å². The second-order valence-corrected chi connectivity index (χ2v) is 4.34. The molecule has 86 valence electrons. The van der Waals surface area contributed by atoms with E-state index in [1.807, 2.05) is 25.1 Å². The maximum atomic E-state index is 11.0. The summed E-state index contributed by atoms with van der Waals surface area (Å²) in [5.74, 6) is -0.385. The number of hydrogen-bond donors (Lipinski definition) is 2. The second-order valence-electron chi connectivity index (χ2n) is 4.34. The topological polar surface area (TPSA) is 72.3 Å². The largest absolute Gasteiger partial charge is 0.398 e. The maximum Gasteiger partial charge on any atom is 0.222 e. The van der Waals surface area contributed by atoms with Gasteiger partial charge in [0.2, 0.25) is 5.91 Å². The average molecular weight is 219 g/mol. The Labute approximate surface area is 95.2 Å². The zero-order valence-corrected chi connectivity index (χ0v) is 9.44. The Morgan fingerprint density at radius 2 is 2.31 bits per heavy atom. The number of primary amides is 1. The fourth-order valence-electron chi connectivity index (χ4n) is 2.14. The Morgan fingerprint density at radius 3 is 3.00 bits per heavy atom. The van der Waals surface area contributed by atoms with Crippen LogP contribution >= 0.6 is 0 Å². The van der Waals surface area contributed by atoms with Crippen LogP contribution in [0.15, 0.2) is 18.2 Å². The molecule has 4 heteroatoms. The normalized spacial score (nSPS) is 15.9. The summed E-state index contributed by atoms with van der Waals surface area (Å²) in [6.45, 7) is 3.44. The first-order valence-electron chi connectivity index (χ1n) is 5.51.